The molecule has 228 valence electrons. The van der Waals surface area contributed by atoms with E-state index in [1.807, 2.05) is 12.1 Å². The fourth-order valence-electron chi connectivity index (χ4n) is 7.51. The van der Waals surface area contributed by atoms with Gasteiger partial charge in [-0.05, 0) is 69.4 Å². The molecule has 0 atom stereocenters. The van der Waals surface area contributed by atoms with Gasteiger partial charge in [0.15, 0.2) is 5.82 Å². The quantitative estimate of drug-likeness (QED) is 0.195. The van der Waals surface area contributed by atoms with E-state index in [0.717, 1.165) is 33.8 Å². The monoisotopic (exact) mass is 623 g/mol. The van der Waals surface area contributed by atoms with Crippen LogP contribution in [0.2, 0.25) is 0 Å². The minimum absolute atomic E-state index is 0.707. The predicted molar refractivity (Wildman–Crippen MR) is 203 cm³/mol. The van der Waals surface area contributed by atoms with Gasteiger partial charge in [0.2, 0.25) is 0 Å². The van der Waals surface area contributed by atoms with E-state index >= 15 is 0 Å². The van der Waals surface area contributed by atoms with Crippen LogP contribution in [0.3, 0.4) is 0 Å². The van der Waals surface area contributed by atoms with E-state index in [9.17, 15) is 0 Å². The standard InChI is InChI=1S/C46H29N3/c1-3-13-30(14-4-1)41-28-42(31-15-5-2-6-16-31)48-46(47-41)32-23-25-34(26-24-32)49-29-40-38-21-10-9-19-36(38)37-20-11-12-22-39(37)44-35-18-8-7-17-33(35)27-43(49)45(40)44/h1-29H. The Morgan fingerprint density at radius 3 is 1.59 bits per heavy atom. The molecule has 0 amide bonds. The van der Waals surface area contributed by atoms with Gasteiger partial charge in [-0.2, -0.15) is 0 Å². The first kappa shape index (κ1) is 27.5. The van der Waals surface area contributed by atoms with Crippen LogP contribution in [0.25, 0.3) is 94.6 Å². The smallest absolute Gasteiger partial charge is 0.160 e. The lowest BCUT2D eigenvalue weighted by atomic mass is 9.91. The van der Waals surface area contributed by atoms with Crippen molar-refractivity contribution in [1.29, 1.82) is 0 Å². The van der Waals surface area contributed by atoms with E-state index in [1.54, 1.807) is 0 Å². The van der Waals surface area contributed by atoms with Gasteiger partial charge in [-0.3, -0.25) is 0 Å². The minimum atomic E-state index is 0.707. The number of fused-ring (bicyclic) bond motifs is 7. The molecule has 0 N–H and O–H groups in total. The average Bonchev–Trinajstić information content (AvgIpc) is 3.50. The summed E-state index contributed by atoms with van der Waals surface area (Å²) in [5, 5.41) is 3.79. The first-order valence-corrected chi connectivity index (χ1v) is 16.7. The van der Waals surface area contributed by atoms with E-state index in [4.69, 9.17) is 9.97 Å². The maximum absolute atomic E-state index is 5.06. The molecule has 0 spiro atoms. The summed E-state index contributed by atoms with van der Waals surface area (Å²) in [6.45, 7) is 0. The average molecular weight is 624 g/mol. The molecule has 49 heavy (non-hydrogen) atoms. The lowest BCUT2D eigenvalue weighted by Crippen LogP contribution is -1.97. The van der Waals surface area contributed by atoms with E-state index in [0.29, 0.717) is 5.82 Å². The Labute approximate surface area is 284 Å². The Bertz CT molecular complexity index is 2630. The van der Waals surface area contributed by atoms with Gasteiger partial charge >= 0.3 is 0 Å². The molecule has 1 aliphatic rings. The third-order valence-corrected chi connectivity index (χ3v) is 9.79. The summed E-state index contributed by atoms with van der Waals surface area (Å²) in [7, 11) is 0. The summed E-state index contributed by atoms with van der Waals surface area (Å²) >= 11 is 0. The molecule has 10 rings (SSSR count). The Balaban J connectivity index is 1.17. The Kier molecular flexibility index (Phi) is 6.18. The summed E-state index contributed by atoms with van der Waals surface area (Å²) in [5.41, 5.74) is 14.8. The van der Waals surface area contributed by atoms with E-state index in [-0.39, 0.29) is 0 Å². The van der Waals surface area contributed by atoms with Gasteiger partial charge in [0, 0.05) is 45.1 Å². The SMILES string of the molecule is c1ccc(-c2cc(-c3ccccc3)nc(-c3ccc(-n4cc5c6c(c7ccccc7cc64)-c4ccccc4-c4ccccc4-5)cc3)n2)cc1. The molecule has 3 heteroatoms. The van der Waals surface area contributed by atoms with Crippen LogP contribution < -0.4 is 0 Å². The predicted octanol–water partition coefficient (Wildman–Crippen LogP) is 11.9. The summed E-state index contributed by atoms with van der Waals surface area (Å²) < 4.78 is 2.35. The lowest BCUT2D eigenvalue weighted by molar-refractivity contribution is 1.13. The number of aromatic nitrogens is 3. The largest absolute Gasteiger partial charge is 0.316 e. The topological polar surface area (TPSA) is 30.7 Å². The summed E-state index contributed by atoms with van der Waals surface area (Å²) in [5.74, 6) is 0.707. The molecule has 3 nitrogen and oxygen atoms in total. The second kappa shape index (κ2) is 11.0. The van der Waals surface area contributed by atoms with Crippen LogP contribution in [0.15, 0.2) is 176 Å². The molecule has 2 heterocycles. The maximum atomic E-state index is 5.06. The first-order chi connectivity index (χ1) is 24.3. The Morgan fingerprint density at radius 1 is 0.408 bits per heavy atom. The van der Waals surface area contributed by atoms with Crippen molar-refractivity contribution < 1.29 is 0 Å². The van der Waals surface area contributed by atoms with Gasteiger partial charge in [-0.15, -0.1) is 0 Å². The van der Waals surface area contributed by atoms with Crippen molar-refractivity contribution in [2.24, 2.45) is 0 Å². The third-order valence-electron chi connectivity index (χ3n) is 9.79. The molecule has 1 aliphatic carbocycles. The summed E-state index contributed by atoms with van der Waals surface area (Å²) in [6.07, 6.45) is 2.33. The molecule has 0 saturated carbocycles. The number of hydrogen-bond acceptors (Lipinski definition) is 2. The number of hydrogen-bond donors (Lipinski definition) is 0. The van der Waals surface area contributed by atoms with Crippen LogP contribution in [-0.2, 0) is 0 Å². The zero-order valence-corrected chi connectivity index (χ0v) is 26.6. The molecular formula is C46H29N3. The summed E-state index contributed by atoms with van der Waals surface area (Å²) in [4.78, 5) is 10.1. The highest BCUT2D eigenvalue weighted by molar-refractivity contribution is 6.21. The van der Waals surface area contributed by atoms with Crippen LogP contribution in [0, 0.1) is 0 Å². The summed E-state index contributed by atoms with van der Waals surface area (Å²) in [6, 6.07) is 60.2. The highest BCUT2D eigenvalue weighted by Gasteiger charge is 2.26. The van der Waals surface area contributed by atoms with Crippen molar-refractivity contribution in [2.45, 2.75) is 0 Å². The highest BCUT2D eigenvalue weighted by atomic mass is 15.0. The fourth-order valence-corrected chi connectivity index (χ4v) is 7.51. The lowest BCUT2D eigenvalue weighted by Gasteiger charge is -2.15. The van der Waals surface area contributed by atoms with E-state index in [2.05, 4.69) is 168 Å². The molecule has 0 unspecified atom stereocenters. The Hall–Kier alpha value is -6.58. The van der Waals surface area contributed by atoms with Crippen molar-refractivity contribution in [2.75, 3.05) is 0 Å². The molecular weight excluding hydrogens is 595 g/mol. The molecule has 0 radical (unpaired) electrons. The maximum Gasteiger partial charge on any atom is 0.160 e. The van der Waals surface area contributed by atoms with Crippen molar-refractivity contribution in [3.63, 3.8) is 0 Å². The Morgan fingerprint density at radius 2 is 0.939 bits per heavy atom. The zero-order valence-electron chi connectivity index (χ0n) is 26.6. The van der Waals surface area contributed by atoms with Gasteiger partial charge in [0.25, 0.3) is 0 Å². The van der Waals surface area contributed by atoms with Gasteiger partial charge in [0.05, 0.1) is 16.9 Å². The number of nitrogens with zero attached hydrogens (tertiary/aromatic N) is 3. The second-order valence-electron chi connectivity index (χ2n) is 12.6. The minimum Gasteiger partial charge on any atom is -0.316 e. The van der Waals surface area contributed by atoms with E-state index in [1.165, 1.54) is 55.1 Å². The third kappa shape index (κ3) is 4.44. The molecule has 0 saturated heterocycles. The van der Waals surface area contributed by atoms with Crippen LogP contribution in [-0.4, -0.2) is 14.5 Å². The van der Waals surface area contributed by atoms with Crippen molar-refractivity contribution >= 4 is 21.7 Å². The number of benzene rings is 7. The number of rotatable bonds is 4. The van der Waals surface area contributed by atoms with Crippen LogP contribution in [0.5, 0.6) is 0 Å². The van der Waals surface area contributed by atoms with Gasteiger partial charge in [-0.1, -0.05) is 133 Å². The highest BCUT2D eigenvalue weighted by Crippen LogP contribution is 2.51. The van der Waals surface area contributed by atoms with Gasteiger partial charge < -0.3 is 4.57 Å². The second-order valence-corrected chi connectivity index (χ2v) is 12.6. The zero-order chi connectivity index (χ0) is 32.3. The van der Waals surface area contributed by atoms with Gasteiger partial charge in [0.1, 0.15) is 0 Å². The molecule has 7 aromatic carbocycles. The molecule has 0 aliphatic heterocycles. The molecule has 0 bridgehead atoms. The molecule has 0 fully saturated rings. The molecule has 9 aromatic rings. The van der Waals surface area contributed by atoms with Crippen LogP contribution in [0.4, 0.5) is 0 Å². The van der Waals surface area contributed by atoms with E-state index < -0.39 is 0 Å². The van der Waals surface area contributed by atoms with Crippen LogP contribution in [0.1, 0.15) is 0 Å². The van der Waals surface area contributed by atoms with Crippen molar-refractivity contribution in [1.82, 2.24) is 14.5 Å². The normalized spacial score (nSPS) is 11.7. The van der Waals surface area contributed by atoms with Crippen molar-refractivity contribution in [3.8, 4) is 73.0 Å². The first-order valence-electron chi connectivity index (χ1n) is 16.7. The van der Waals surface area contributed by atoms with Crippen molar-refractivity contribution in [3.05, 3.63) is 176 Å². The molecule has 2 aromatic heterocycles. The van der Waals surface area contributed by atoms with Gasteiger partial charge in [-0.25, -0.2) is 9.97 Å². The van der Waals surface area contributed by atoms with Crippen LogP contribution >= 0.6 is 0 Å². The fraction of sp³-hybridized carbons (Fsp3) is 0.